The summed E-state index contributed by atoms with van der Waals surface area (Å²) >= 11 is 6.11. The Kier molecular flexibility index (Phi) is 5.23. The number of benzene rings is 1. The molecule has 0 radical (unpaired) electrons. The summed E-state index contributed by atoms with van der Waals surface area (Å²) in [5, 5.41) is 3.85. The van der Waals surface area contributed by atoms with E-state index in [9.17, 15) is 4.39 Å². The predicted molar refractivity (Wildman–Crippen MR) is 67.3 cm³/mol. The van der Waals surface area contributed by atoms with Crippen molar-refractivity contribution < 1.29 is 4.39 Å². The Morgan fingerprint density at radius 1 is 1.44 bits per heavy atom. The molecule has 1 N–H and O–H groups in total. The van der Waals surface area contributed by atoms with Crippen LogP contribution in [0.3, 0.4) is 0 Å². The van der Waals surface area contributed by atoms with Crippen molar-refractivity contribution in [1.82, 2.24) is 5.32 Å². The first kappa shape index (κ1) is 13.5. The van der Waals surface area contributed by atoms with Crippen LogP contribution in [0, 0.1) is 11.7 Å². The van der Waals surface area contributed by atoms with Gasteiger partial charge < -0.3 is 5.32 Å². The first-order valence-corrected chi connectivity index (χ1v) is 6.10. The van der Waals surface area contributed by atoms with Gasteiger partial charge in [-0.15, -0.1) is 0 Å². The molecule has 90 valence electrons. The SMILES string of the molecule is CCCC(C)C(NC)c1cc(F)ccc1Cl. The van der Waals surface area contributed by atoms with Gasteiger partial charge in [0.15, 0.2) is 0 Å². The van der Waals surface area contributed by atoms with Crippen LogP contribution in [-0.4, -0.2) is 7.05 Å². The average molecular weight is 244 g/mol. The summed E-state index contributed by atoms with van der Waals surface area (Å²) in [5.41, 5.74) is 0.852. The van der Waals surface area contributed by atoms with Gasteiger partial charge in [0.05, 0.1) is 0 Å². The van der Waals surface area contributed by atoms with E-state index in [1.807, 2.05) is 7.05 Å². The van der Waals surface area contributed by atoms with Crippen LogP contribution < -0.4 is 5.32 Å². The number of rotatable bonds is 5. The van der Waals surface area contributed by atoms with Crippen LogP contribution in [0.25, 0.3) is 0 Å². The van der Waals surface area contributed by atoms with E-state index in [1.54, 1.807) is 6.07 Å². The fourth-order valence-corrected chi connectivity index (χ4v) is 2.36. The number of hydrogen-bond donors (Lipinski definition) is 1. The van der Waals surface area contributed by atoms with Crippen LogP contribution in [0.1, 0.15) is 38.3 Å². The van der Waals surface area contributed by atoms with Gasteiger partial charge >= 0.3 is 0 Å². The molecule has 0 spiro atoms. The summed E-state index contributed by atoms with van der Waals surface area (Å²) in [6.45, 7) is 4.31. The number of hydrogen-bond acceptors (Lipinski definition) is 1. The minimum atomic E-state index is -0.233. The van der Waals surface area contributed by atoms with Crippen LogP contribution >= 0.6 is 11.6 Å². The number of nitrogens with one attached hydrogen (secondary N) is 1. The van der Waals surface area contributed by atoms with Crippen LogP contribution in [-0.2, 0) is 0 Å². The Morgan fingerprint density at radius 2 is 2.12 bits per heavy atom. The van der Waals surface area contributed by atoms with Crippen LogP contribution in [0.15, 0.2) is 18.2 Å². The maximum absolute atomic E-state index is 13.2. The van der Waals surface area contributed by atoms with Crippen molar-refractivity contribution in [3.63, 3.8) is 0 Å². The molecule has 0 aliphatic heterocycles. The van der Waals surface area contributed by atoms with Gasteiger partial charge in [-0.3, -0.25) is 0 Å². The first-order chi connectivity index (χ1) is 7.60. The topological polar surface area (TPSA) is 12.0 Å². The molecule has 2 unspecified atom stereocenters. The summed E-state index contributed by atoms with van der Waals surface area (Å²) in [6, 6.07) is 4.65. The Bertz CT molecular complexity index is 341. The van der Waals surface area contributed by atoms with Crippen molar-refractivity contribution in [2.24, 2.45) is 5.92 Å². The van der Waals surface area contributed by atoms with Crippen molar-refractivity contribution in [1.29, 1.82) is 0 Å². The van der Waals surface area contributed by atoms with Gasteiger partial charge in [-0.2, -0.15) is 0 Å². The summed E-state index contributed by atoms with van der Waals surface area (Å²) in [7, 11) is 1.89. The Hall–Kier alpha value is -0.600. The van der Waals surface area contributed by atoms with E-state index >= 15 is 0 Å². The predicted octanol–water partition coefficient (Wildman–Crippen LogP) is 4.18. The summed E-state index contributed by atoms with van der Waals surface area (Å²) in [5.74, 6) is 0.206. The lowest BCUT2D eigenvalue weighted by atomic mass is 9.91. The highest BCUT2D eigenvalue weighted by atomic mass is 35.5. The molecule has 2 atom stereocenters. The molecule has 0 saturated heterocycles. The highest BCUT2D eigenvalue weighted by molar-refractivity contribution is 6.31. The van der Waals surface area contributed by atoms with Crippen molar-refractivity contribution in [2.75, 3.05) is 7.05 Å². The molecule has 1 rings (SSSR count). The zero-order chi connectivity index (χ0) is 12.1. The fourth-order valence-electron chi connectivity index (χ4n) is 2.12. The molecule has 0 aliphatic carbocycles. The van der Waals surface area contributed by atoms with Crippen LogP contribution in [0.5, 0.6) is 0 Å². The van der Waals surface area contributed by atoms with Gasteiger partial charge in [0.2, 0.25) is 0 Å². The van der Waals surface area contributed by atoms with E-state index in [4.69, 9.17) is 11.6 Å². The Balaban J connectivity index is 2.98. The van der Waals surface area contributed by atoms with Gasteiger partial charge in [0.25, 0.3) is 0 Å². The third-order valence-electron chi connectivity index (χ3n) is 2.92. The molecule has 0 heterocycles. The second-order valence-electron chi connectivity index (χ2n) is 4.20. The number of halogens is 2. The van der Waals surface area contributed by atoms with E-state index < -0.39 is 0 Å². The zero-order valence-corrected chi connectivity index (χ0v) is 10.8. The highest BCUT2D eigenvalue weighted by Gasteiger charge is 2.19. The molecule has 0 amide bonds. The van der Waals surface area contributed by atoms with E-state index in [1.165, 1.54) is 12.1 Å². The monoisotopic (exact) mass is 243 g/mol. The molecule has 0 aromatic heterocycles. The smallest absolute Gasteiger partial charge is 0.123 e. The van der Waals surface area contributed by atoms with E-state index in [0.717, 1.165) is 18.4 Å². The maximum Gasteiger partial charge on any atom is 0.123 e. The van der Waals surface area contributed by atoms with Crippen molar-refractivity contribution in [2.45, 2.75) is 32.7 Å². The minimum Gasteiger partial charge on any atom is -0.313 e. The van der Waals surface area contributed by atoms with Crippen molar-refractivity contribution >= 4 is 11.6 Å². The quantitative estimate of drug-likeness (QED) is 0.818. The molecular weight excluding hydrogens is 225 g/mol. The molecule has 0 bridgehead atoms. The van der Waals surface area contributed by atoms with Crippen LogP contribution in [0.4, 0.5) is 4.39 Å². The normalized spacial score (nSPS) is 14.8. The van der Waals surface area contributed by atoms with Gasteiger partial charge in [-0.1, -0.05) is 31.9 Å². The molecule has 0 saturated carbocycles. The summed E-state index contributed by atoms with van der Waals surface area (Å²) in [4.78, 5) is 0. The Morgan fingerprint density at radius 3 is 2.69 bits per heavy atom. The molecule has 3 heteroatoms. The van der Waals surface area contributed by atoms with Gasteiger partial charge in [-0.25, -0.2) is 4.39 Å². The van der Waals surface area contributed by atoms with E-state index in [0.29, 0.717) is 10.9 Å². The minimum absolute atomic E-state index is 0.114. The molecule has 1 aromatic rings. The molecule has 0 aliphatic rings. The molecule has 1 aromatic carbocycles. The average Bonchev–Trinajstić information content (AvgIpc) is 2.24. The lowest BCUT2D eigenvalue weighted by molar-refractivity contribution is 0.383. The lowest BCUT2D eigenvalue weighted by Crippen LogP contribution is -2.23. The largest absolute Gasteiger partial charge is 0.313 e. The third kappa shape index (κ3) is 3.19. The standard InChI is InChI=1S/C13H19ClFN/c1-4-5-9(2)13(16-3)11-8-10(15)6-7-12(11)14/h6-9,13,16H,4-5H2,1-3H3. The molecule has 1 nitrogen and oxygen atoms in total. The lowest BCUT2D eigenvalue weighted by Gasteiger charge is -2.24. The fraction of sp³-hybridized carbons (Fsp3) is 0.538. The molecule has 16 heavy (non-hydrogen) atoms. The highest BCUT2D eigenvalue weighted by Crippen LogP contribution is 2.30. The van der Waals surface area contributed by atoms with Crippen molar-refractivity contribution in [3.05, 3.63) is 34.6 Å². The molecule has 0 fully saturated rings. The van der Waals surface area contributed by atoms with Gasteiger partial charge in [0, 0.05) is 11.1 Å². The third-order valence-corrected chi connectivity index (χ3v) is 3.26. The van der Waals surface area contributed by atoms with Gasteiger partial charge in [-0.05, 0) is 43.1 Å². The Labute approximate surface area is 102 Å². The summed E-state index contributed by atoms with van der Waals surface area (Å²) < 4.78 is 13.2. The first-order valence-electron chi connectivity index (χ1n) is 5.72. The van der Waals surface area contributed by atoms with Gasteiger partial charge in [0.1, 0.15) is 5.82 Å². The second-order valence-corrected chi connectivity index (χ2v) is 4.61. The van der Waals surface area contributed by atoms with Crippen molar-refractivity contribution in [3.8, 4) is 0 Å². The maximum atomic E-state index is 13.2. The van der Waals surface area contributed by atoms with E-state index in [-0.39, 0.29) is 11.9 Å². The van der Waals surface area contributed by atoms with E-state index in [2.05, 4.69) is 19.2 Å². The zero-order valence-electron chi connectivity index (χ0n) is 10.1. The summed E-state index contributed by atoms with van der Waals surface area (Å²) in [6.07, 6.45) is 2.21. The second kappa shape index (κ2) is 6.21. The van der Waals surface area contributed by atoms with Crippen LogP contribution in [0.2, 0.25) is 5.02 Å². The molecular formula is C13H19ClFN.